The summed E-state index contributed by atoms with van der Waals surface area (Å²) in [5.74, 6) is 0. The molecule has 0 aromatic heterocycles. The van der Waals surface area contributed by atoms with Gasteiger partial charge >= 0.3 is 0 Å². The van der Waals surface area contributed by atoms with E-state index in [2.05, 4.69) is 25.2 Å². The fraction of sp³-hybridized carbons (Fsp3) is 0.412. The Morgan fingerprint density at radius 3 is 2.57 bits per heavy atom. The molecule has 21 heavy (non-hydrogen) atoms. The van der Waals surface area contributed by atoms with Crippen molar-refractivity contribution >= 4 is 10.0 Å². The summed E-state index contributed by atoms with van der Waals surface area (Å²) in [7, 11) is -3.37. The quantitative estimate of drug-likeness (QED) is 0.851. The highest BCUT2D eigenvalue weighted by atomic mass is 32.2. The number of allylic oxidation sites excluding steroid dienone is 2. The zero-order chi connectivity index (χ0) is 15.3. The first-order chi connectivity index (χ1) is 10.0. The molecule has 1 aliphatic rings. The summed E-state index contributed by atoms with van der Waals surface area (Å²) >= 11 is 0. The van der Waals surface area contributed by atoms with Gasteiger partial charge in [0.2, 0.25) is 10.0 Å². The molecule has 0 aliphatic carbocycles. The van der Waals surface area contributed by atoms with Gasteiger partial charge in [0.1, 0.15) is 0 Å². The van der Waals surface area contributed by atoms with Gasteiger partial charge in [0.15, 0.2) is 0 Å². The number of benzene rings is 1. The molecule has 1 aliphatic heterocycles. The third kappa shape index (κ3) is 4.05. The van der Waals surface area contributed by atoms with Crippen LogP contribution < -0.4 is 0 Å². The van der Waals surface area contributed by atoms with Crippen LogP contribution in [0, 0.1) is 6.92 Å². The van der Waals surface area contributed by atoms with E-state index in [1.54, 1.807) is 16.4 Å². The van der Waals surface area contributed by atoms with E-state index in [0.717, 1.165) is 24.8 Å². The largest absolute Gasteiger partial charge is 0.243 e. The molecule has 0 fully saturated rings. The van der Waals surface area contributed by atoms with Crippen LogP contribution in [-0.2, 0) is 10.0 Å². The summed E-state index contributed by atoms with van der Waals surface area (Å²) in [5.41, 5.74) is 2.30. The van der Waals surface area contributed by atoms with Crippen LogP contribution >= 0.6 is 0 Å². The highest BCUT2D eigenvalue weighted by Gasteiger charge is 2.24. The standard InChI is InChI=1S/C17H23NO2S/c1-3-4-6-16-7-5-13-18(14-12-16)21(19,20)17-10-8-15(2)9-11-17/h4,6-11H,3,5,12-14H2,1-2H3. The van der Waals surface area contributed by atoms with Gasteiger partial charge in [-0.15, -0.1) is 0 Å². The van der Waals surface area contributed by atoms with Gasteiger partial charge in [0.25, 0.3) is 0 Å². The summed E-state index contributed by atoms with van der Waals surface area (Å²) in [5, 5.41) is 0. The highest BCUT2D eigenvalue weighted by molar-refractivity contribution is 7.89. The van der Waals surface area contributed by atoms with Gasteiger partial charge in [-0.2, -0.15) is 4.31 Å². The van der Waals surface area contributed by atoms with Crippen molar-refractivity contribution in [1.29, 1.82) is 0 Å². The van der Waals surface area contributed by atoms with Crippen LogP contribution in [0.3, 0.4) is 0 Å². The average molecular weight is 305 g/mol. The molecule has 0 spiro atoms. The average Bonchev–Trinajstić information content (AvgIpc) is 2.71. The predicted octanol–water partition coefficient (Wildman–Crippen LogP) is 3.67. The van der Waals surface area contributed by atoms with Crippen LogP contribution in [0.15, 0.2) is 53.0 Å². The Morgan fingerprint density at radius 2 is 1.90 bits per heavy atom. The first-order valence-corrected chi connectivity index (χ1v) is 8.90. The molecular weight excluding hydrogens is 282 g/mol. The van der Waals surface area contributed by atoms with Gasteiger partial charge in [0.05, 0.1) is 4.90 Å². The van der Waals surface area contributed by atoms with Crippen molar-refractivity contribution in [1.82, 2.24) is 4.31 Å². The van der Waals surface area contributed by atoms with E-state index in [1.807, 2.05) is 19.1 Å². The van der Waals surface area contributed by atoms with Crippen molar-refractivity contribution in [3.05, 3.63) is 53.6 Å². The molecule has 0 bridgehead atoms. The van der Waals surface area contributed by atoms with E-state index < -0.39 is 10.0 Å². The molecule has 0 atom stereocenters. The molecule has 1 aromatic rings. The third-order valence-electron chi connectivity index (χ3n) is 3.66. The summed E-state index contributed by atoms with van der Waals surface area (Å²) < 4.78 is 26.9. The van der Waals surface area contributed by atoms with E-state index >= 15 is 0 Å². The summed E-state index contributed by atoms with van der Waals surface area (Å²) in [6.45, 7) is 5.16. The molecular formula is C17H23NO2S. The minimum absolute atomic E-state index is 0.389. The third-order valence-corrected chi connectivity index (χ3v) is 5.57. The lowest BCUT2D eigenvalue weighted by molar-refractivity contribution is 0.427. The van der Waals surface area contributed by atoms with Gasteiger partial charge in [-0.25, -0.2) is 8.42 Å². The fourth-order valence-corrected chi connectivity index (χ4v) is 3.84. The Morgan fingerprint density at radius 1 is 1.19 bits per heavy atom. The van der Waals surface area contributed by atoms with Crippen LogP contribution in [-0.4, -0.2) is 25.8 Å². The molecule has 1 heterocycles. The molecule has 0 amide bonds. The number of rotatable bonds is 4. The lowest BCUT2D eigenvalue weighted by Gasteiger charge is -2.20. The Kier molecular flexibility index (Phi) is 5.37. The van der Waals surface area contributed by atoms with Gasteiger partial charge in [-0.1, -0.05) is 48.4 Å². The van der Waals surface area contributed by atoms with Crippen LogP contribution in [0.2, 0.25) is 0 Å². The summed E-state index contributed by atoms with van der Waals surface area (Å²) in [6.07, 6.45) is 8.94. The SMILES string of the molecule is CCC=CC1=CCCN(S(=O)(=O)c2ccc(C)cc2)CC1. The van der Waals surface area contributed by atoms with Crippen molar-refractivity contribution in [3.63, 3.8) is 0 Å². The molecule has 4 heteroatoms. The molecule has 114 valence electrons. The van der Waals surface area contributed by atoms with Crippen LogP contribution in [0.4, 0.5) is 0 Å². The number of aryl methyl sites for hydroxylation is 1. The minimum atomic E-state index is -3.37. The monoisotopic (exact) mass is 305 g/mol. The maximum absolute atomic E-state index is 12.7. The van der Waals surface area contributed by atoms with Crippen LogP contribution in [0.5, 0.6) is 0 Å². The molecule has 3 nitrogen and oxygen atoms in total. The van der Waals surface area contributed by atoms with E-state index in [-0.39, 0.29) is 0 Å². The second-order valence-electron chi connectivity index (χ2n) is 5.35. The Hall–Kier alpha value is -1.39. The minimum Gasteiger partial charge on any atom is -0.207 e. The zero-order valence-corrected chi connectivity index (χ0v) is 13.6. The van der Waals surface area contributed by atoms with E-state index in [0.29, 0.717) is 18.0 Å². The maximum Gasteiger partial charge on any atom is 0.243 e. The summed E-state index contributed by atoms with van der Waals surface area (Å²) in [4.78, 5) is 0.389. The molecule has 1 aromatic carbocycles. The maximum atomic E-state index is 12.7. The van der Waals surface area contributed by atoms with Crippen molar-refractivity contribution in [2.75, 3.05) is 13.1 Å². The molecule has 0 saturated carbocycles. The lowest BCUT2D eigenvalue weighted by atomic mass is 10.1. The van der Waals surface area contributed by atoms with Crippen LogP contribution in [0.1, 0.15) is 31.7 Å². The zero-order valence-electron chi connectivity index (χ0n) is 12.7. The Labute approximate surface area is 128 Å². The van der Waals surface area contributed by atoms with Crippen molar-refractivity contribution < 1.29 is 8.42 Å². The molecule has 0 radical (unpaired) electrons. The van der Waals surface area contributed by atoms with E-state index in [4.69, 9.17) is 0 Å². The van der Waals surface area contributed by atoms with Gasteiger partial charge in [-0.3, -0.25) is 0 Å². The fourth-order valence-electron chi connectivity index (χ4n) is 2.38. The first kappa shape index (κ1) is 16.0. The molecule has 2 rings (SSSR count). The first-order valence-electron chi connectivity index (χ1n) is 7.46. The molecule has 0 N–H and O–H groups in total. The predicted molar refractivity (Wildman–Crippen MR) is 86.7 cm³/mol. The summed E-state index contributed by atoms with van der Waals surface area (Å²) in [6, 6.07) is 7.08. The number of nitrogens with zero attached hydrogens (tertiary/aromatic N) is 1. The second-order valence-corrected chi connectivity index (χ2v) is 7.28. The van der Waals surface area contributed by atoms with Crippen molar-refractivity contribution in [2.45, 2.75) is 38.0 Å². The Bertz CT molecular complexity index is 627. The lowest BCUT2D eigenvalue weighted by Crippen LogP contribution is -2.32. The number of hydrogen-bond acceptors (Lipinski definition) is 2. The van der Waals surface area contributed by atoms with Crippen molar-refractivity contribution in [3.8, 4) is 0 Å². The number of hydrogen-bond donors (Lipinski definition) is 0. The van der Waals surface area contributed by atoms with Gasteiger partial charge < -0.3 is 0 Å². The number of sulfonamides is 1. The van der Waals surface area contributed by atoms with Gasteiger partial charge in [-0.05, 0) is 38.3 Å². The molecule has 0 unspecified atom stereocenters. The van der Waals surface area contributed by atoms with Crippen molar-refractivity contribution in [2.24, 2.45) is 0 Å². The second kappa shape index (κ2) is 7.05. The van der Waals surface area contributed by atoms with E-state index in [9.17, 15) is 8.42 Å². The highest BCUT2D eigenvalue weighted by Crippen LogP contribution is 2.21. The normalized spacial score (nSPS) is 17.7. The smallest absolute Gasteiger partial charge is 0.207 e. The topological polar surface area (TPSA) is 37.4 Å². The molecule has 0 saturated heterocycles. The Balaban J connectivity index is 2.12. The van der Waals surface area contributed by atoms with E-state index in [1.165, 1.54) is 5.57 Å². The van der Waals surface area contributed by atoms with Crippen LogP contribution in [0.25, 0.3) is 0 Å². The van der Waals surface area contributed by atoms with Gasteiger partial charge in [0, 0.05) is 13.1 Å².